The monoisotopic (exact) mass is 262 g/mol. The molecule has 2 atom stereocenters. The Hall–Kier alpha value is -0.970. The van der Waals surface area contributed by atoms with Gasteiger partial charge in [-0.1, -0.05) is 6.07 Å². The van der Waals surface area contributed by atoms with Crippen molar-refractivity contribution in [1.82, 2.24) is 9.88 Å². The van der Waals surface area contributed by atoms with E-state index < -0.39 is 5.60 Å². The summed E-state index contributed by atoms with van der Waals surface area (Å²) >= 11 is 0. The number of pyridine rings is 1. The predicted octanol–water partition coefficient (Wildman–Crippen LogP) is 1.24. The van der Waals surface area contributed by atoms with Gasteiger partial charge in [0.15, 0.2) is 0 Å². The first-order chi connectivity index (χ1) is 9.16. The minimum Gasteiger partial charge on any atom is -0.390 e. The summed E-state index contributed by atoms with van der Waals surface area (Å²) in [7, 11) is 2.15. The molecular formula is C15H22N2O2. The van der Waals surface area contributed by atoms with Gasteiger partial charge >= 0.3 is 0 Å². The Labute approximate surface area is 114 Å². The van der Waals surface area contributed by atoms with Crippen LogP contribution in [-0.4, -0.2) is 52.9 Å². The molecule has 1 aromatic heterocycles. The van der Waals surface area contributed by atoms with Gasteiger partial charge < -0.3 is 9.84 Å². The third-order valence-electron chi connectivity index (χ3n) is 4.58. The molecule has 19 heavy (non-hydrogen) atoms. The number of ether oxygens (including phenoxy) is 1. The Morgan fingerprint density at radius 2 is 2.11 bits per heavy atom. The van der Waals surface area contributed by atoms with E-state index in [9.17, 15) is 5.11 Å². The van der Waals surface area contributed by atoms with Gasteiger partial charge in [-0.3, -0.25) is 9.88 Å². The molecular weight excluding hydrogens is 240 g/mol. The number of aromatic nitrogens is 1. The second kappa shape index (κ2) is 5.19. The molecule has 2 aliphatic rings. The zero-order valence-electron chi connectivity index (χ0n) is 11.5. The minimum absolute atomic E-state index is 0.362. The fourth-order valence-corrected chi connectivity index (χ4v) is 3.35. The van der Waals surface area contributed by atoms with Crippen LogP contribution in [0.1, 0.15) is 25.0 Å². The molecule has 0 aliphatic carbocycles. The van der Waals surface area contributed by atoms with Gasteiger partial charge in [0, 0.05) is 24.0 Å². The van der Waals surface area contributed by atoms with Crippen LogP contribution in [-0.2, 0) is 11.2 Å². The number of hydrogen-bond donors (Lipinski definition) is 1. The predicted molar refractivity (Wildman–Crippen MR) is 72.9 cm³/mol. The number of likely N-dealkylation sites (N-methyl/N-ethyl adjacent to an activating group) is 1. The van der Waals surface area contributed by atoms with Crippen LogP contribution >= 0.6 is 0 Å². The molecule has 2 bridgehead atoms. The maximum Gasteiger partial charge on any atom is 0.0683 e. The smallest absolute Gasteiger partial charge is 0.0683 e. The molecule has 2 saturated heterocycles. The molecule has 0 amide bonds. The van der Waals surface area contributed by atoms with Crippen molar-refractivity contribution < 1.29 is 9.84 Å². The van der Waals surface area contributed by atoms with Crippen molar-refractivity contribution in [2.45, 2.75) is 43.4 Å². The molecule has 3 rings (SSSR count). The average molecular weight is 262 g/mol. The SMILES string of the molecule is CN1C2COCC1CC(O)(CCc1ccccn1)C2. The summed E-state index contributed by atoms with van der Waals surface area (Å²) < 4.78 is 5.60. The van der Waals surface area contributed by atoms with Crippen molar-refractivity contribution in [1.29, 1.82) is 0 Å². The summed E-state index contributed by atoms with van der Waals surface area (Å²) in [5, 5.41) is 10.8. The molecule has 4 nitrogen and oxygen atoms in total. The summed E-state index contributed by atoms with van der Waals surface area (Å²) in [4.78, 5) is 6.71. The summed E-state index contributed by atoms with van der Waals surface area (Å²) in [5.41, 5.74) is 0.514. The molecule has 2 fully saturated rings. The molecule has 0 radical (unpaired) electrons. The molecule has 104 valence electrons. The number of aryl methyl sites for hydroxylation is 1. The van der Waals surface area contributed by atoms with Crippen LogP contribution in [0.5, 0.6) is 0 Å². The van der Waals surface area contributed by atoms with E-state index in [0.29, 0.717) is 12.1 Å². The first-order valence-electron chi connectivity index (χ1n) is 7.08. The highest BCUT2D eigenvalue weighted by molar-refractivity contribution is 5.06. The molecule has 0 saturated carbocycles. The van der Waals surface area contributed by atoms with Gasteiger partial charge in [0.2, 0.25) is 0 Å². The number of piperidine rings is 1. The van der Waals surface area contributed by atoms with Gasteiger partial charge in [0.1, 0.15) is 0 Å². The molecule has 2 unspecified atom stereocenters. The van der Waals surface area contributed by atoms with Crippen molar-refractivity contribution in [3.63, 3.8) is 0 Å². The van der Waals surface area contributed by atoms with E-state index in [0.717, 1.165) is 44.6 Å². The van der Waals surface area contributed by atoms with E-state index in [1.54, 1.807) is 0 Å². The summed E-state index contributed by atoms with van der Waals surface area (Å²) in [6.45, 7) is 1.50. The van der Waals surface area contributed by atoms with E-state index in [1.165, 1.54) is 0 Å². The molecule has 4 heteroatoms. The number of rotatable bonds is 3. The highest BCUT2D eigenvalue weighted by atomic mass is 16.5. The van der Waals surface area contributed by atoms with Crippen LogP contribution in [0.25, 0.3) is 0 Å². The fraction of sp³-hybridized carbons (Fsp3) is 0.667. The Bertz CT molecular complexity index is 409. The minimum atomic E-state index is -0.552. The summed E-state index contributed by atoms with van der Waals surface area (Å²) in [6.07, 6.45) is 5.09. The zero-order chi connectivity index (χ0) is 13.3. The molecule has 1 N–H and O–H groups in total. The van der Waals surface area contributed by atoms with Gasteiger partial charge in [-0.15, -0.1) is 0 Å². The van der Waals surface area contributed by atoms with Crippen LogP contribution in [0.15, 0.2) is 24.4 Å². The van der Waals surface area contributed by atoms with Gasteiger partial charge in [-0.25, -0.2) is 0 Å². The van der Waals surface area contributed by atoms with Crippen molar-refractivity contribution in [3.8, 4) is 0 Å². The van der Waals surface area contributed by atoms with E-state index in [4.69, 9.17) is 4.74 Å². The highest BCUT2D eigenvalue weighted by Crippen LogP contribution is 2.36. The lowest BCUT2D eigenvalue weighted by Gasteiger charge is -2.50. The standard InChI is InChI=1S/C15H22N2O2/c1-17-13-8-15(18,9-14(17)11-19-10-13)6-5-12-4-2-3-7-16-12/h2-4,7,13-14,18H,5-6,8-11H2,1H3. The van der Waals surface area contributed by atoms with Crippen LogP contribution in [0.2, 0.25) is 0 Å². The van der Waals surface area contributed by atoms with Crippen molar-refractivity contribution in [2.24, 2.45) is 0 Å². The van der Waals surface area contributed by atoms with Crippen molar-refractivity contribution in [2.75, 3.05) is 20.3 Å². The van der Waals surface area contributed by atoms with E-state index in [1.807, 2.05) is 24.4 Å². The van der Waals surface area contributed by atoms with E-state index >= 15 is 0 Å². The highest BCUT2D eigenvalue weighted by Gasteiger charge is 2.44. The third-order valence-corrected chi connectivity index (χ3v) is 4.58. The van der Waals surface area contributed by atoms with Gasteiger partial charge in [0.25, 0.3) is 0 Å². The number of nitrogens with zero attached hydrogens (tertiary/aromatic N) is 2. The van der Waals surface area contributed by atoms with Crippen LogP contribution in [0, 0.1) is 0 Å². The summed E-state index contributed by atoms with van der Waals surface area (Å²) in [5.74, 6) is 0. The number of hydrogen-bond acceptors (Lipinski definition) is 4. The largest absolute Gasteiger partial charge is 0.390 e. The van der Waals surface area contributed by atoms with Crippen molar-refractivity contribution in [3.05, 3.63) is 30.1 Å². The van der Waals surface area contributed by atoms with Crippen LogP contribution in [0.3, 0.4) is 0 Å². The average Bonchev–Trinajstić information content (AvgIpc) is 2.40. The molecule has 1 aromatic rings. The number of fused-ring (bicyclic) bond motifs is 2. The van der Waals surface area contributed by atoms with E-state index in [-0.39, 0.29) is 0 Å². The lowest BCUT2D eigenvalue weighted by Crippen LogP contribution is -2.60. The van der Waals surface area contributed by atoms with Gasteiger partial charge in [-0.2, -0.15) is 0 Å². The third kappa shape index (κ3) is 2.81. The zero-order valence-corrected chi connectivity index (χ0v) is 11.5. The first kappa shape index (κ1) is 13.0. The van der Waals surface area contributed by atoms with Crippen LogP contribution in [0.4, 0.5) is 0 Å². The topological polar surface area (TPSA) is 45.6 Å². The van der Waals surface area contributed by atoms with Crippen LogP contribution < -0.4 is 0 Å². The first-order valence-corrected chi connectivity index (χ1v) is 7.08. The van der Waals surface area contributed by atoms with Gasteiger partial charge in [-0.05, 0) is 44.9 Å². The molecule has 0 spiro atoms. The Morgan fingerprint density at radius 1 is 1.37 bits per heavy atom. The molecule has 0 aromatic carbocycles. The second-order valence-corrected chi connectivity index (χ2v) is 5.96. The lowest BCUT2D eigenvalue weighted by molar-refractivity contribution is -0.136. The lowest BCUT2D eigenvalue weighted by atomic mass is 9.78. The van der Waals surface area contributed by atoms with E-state index in [2.05, 4.69) is 16.9 Å². The van der Waals surface area contributed by atoms with Gasteiger partial charge in [0.05, 0.1) is 18.8 Å². The Balaban J connectivity index is 1.64. The number of aliphatic hydroxyl groups is 1. The quantitative estimate of drug-likeness (QED) is 0.890. The summed E-state index contributed by atoms with van der Waals surface area (Å²) in [6, 6.07) is 6.68. The maximum absolute atomic E-state index is 10.8. The fourth-order valence-electron chi connectivity index (χ4n) is 3.35. The molecule has 3 heterocycles. The molecule has 2 aliphatic heterocycles. The Morgan fingerprint density at radius 3 is 2.74 bits per heavy atom. The number of morpholine rings is 1. The van der Waals surface area contributed by atoms with Crippen molar-refractivity contribution >= 4 is 0 Å². The Kier molecular flexibility index (Phi) is 3.56. The normalized spacial score (nSPS) is 35.3. The second-order valence-electron chi connectivity index (χ2n) is 5.96. The maximum atomic E-state index is 10.8.